The molecule has 1 aromatic rings. The number of hydrogen-bond acceptors (Lipinski definition) is 6. The Morgan fingerprint density at radius 3 is 2.12 bits per heavy atom. The van der Waals surface area contributed by atoms with Gasteiger partial charge in [0.15, 0.2) is 0 Å². The molecule has 0 spiro atoms. The average Bonchev–Trinajstić information content (AvgIpc) is 2.85. The van der Waals surface area contributed by atoms with Gasteiger partial charge in [0.1, 0.15) is 4.32 Å². The molecular formula is C16H16N2O5S2. The summed E-state index contributed by atoms with van der Waals surface area (Å²) in [4.78, 5) is 35.4. The number of anilines is 1. The summed E-state index contributed by atoms with van der Waals surface area (Å²) in [7, 11) is 0. The topological polar surface area (TPSA) is 107 Å². The third-order valence-electron chi connectivity index (χ3n) is 3.39. The second kappa shape index (κ2) is 8.63. The van der Waals surface area contributed by atoms with Gasteiger partial charge in [0.2, 0.25) is 0 Å². The van der Waals surface area contributed by atoms with Crippen molar-refractivity contribution in [2.75, 3.05) is 18.0 Å². The Bertz CT molecular complexity index is 713. The van der Waals surface area contributed by atoms with E-state index in [1.807, 2.05) is 0 Å². The van der Waals surface area contributed by atoms with E-state index in [-0.39, 0.29) is 31.8 Å². The Morgan fingerprint density at radius 1 is 1.12 bits per heavy atom. The standard InChI is InChI=1S/C16H16N2O5S2/c19-13(20)5-7-18(8-6-14(21)22)11-3-1-10(2-4-11)9-12-15(23)17-16(24)25-12/h1-4,9H,5-8H2,(H,19,20)(H,21,22)(H,17,23,24). The molecule has 1 saturated heterocycles. The van der Waals surface area contributed by atoms with Crippen LogP contribution in [-0.2, 0) is 14.4 Å². The van der Waals surface area contributed by atoms with Gasteiger partial charge in [0.05, 0.1) is 17.7 Å². The normalized spacial score (nSPS) is 15.3. The molecule has 0 bridgehead atoms. The lowest BCUT2D eigenvalue weighted by Crippen LogP contribution is -2.28. The molecule has 0 radical (unpaired) electrons. The summed E-state index contributed by atoms with van der Waals surface area (Å²) in [6.45, 7) is 0.436. The van der Waals surface area contributed by atoms with Gasteiger partial charge in [-0.2, -0.15) is 0 Å². The van der Waals surface area contributed by atoms with Crippen molar-refractivity contribution >= 4 is 57.9 Å². The molecule has 0 atom stereocenters. The number of aliphatic carboxylic acids is 2. The monoisotopic (exact) mass is 380 g/mol. The quantitative estimate of drug-likeness (QED) is 0.464. The van der Waals surface area contributed by atoms with Crippen LogP contribution in [0.25, 0.3) is 6.08 Å². The van der Waals surface area contributed by atoms with Crippen LogP contribution in [0.5, 0.6) is 0 Å². The van der Waals surface area contributed by atoms with Gasteiger partial charge in [-0.15, -0.1) is 0 Å². The van der Waals surface area contributed by atoms with Crippen molar-refractivity contribution in [2.45, 2.75) is 12.8 Å². The minimum Gasteiger partial charge on any atom is -0.481 e. The number of carboxylic acids is 2. The smallest absolute Gasteiger partial charge is 0.305 e. The maximum atomic E-state index is 11.7. The number of hydrogen-bond donors (Lipinski definition) is 3. The van der Waals surface area contributed by atoms with E-state index in [1.165, 1.54) is 11.8 Å². The van der Waals surface area contributed by atoms with Gasteiger partial charge >= 0.3 is 11.9 Å². The van der Waals surface area contributed by atoms with E-state index in [0.29, 0.717) is 9.23 Å². The second-order valence-corrected chi connectivity index (χ2v) is 6.94. The third kappa shape index (κ3) is 5.87. The Balaban J connectivity index is 2.12. The maximum absolute atomic E-state index is 11.7. The molecule has 9 heteroatoms. The summed E-state index contributed by atoms with van der Waals surface area (Å²) in [5.41, 5.74) is 1.52. The van der Waals surface area contributed by atoms with Gasteiger partial charge < -0.3 is 20.4 Å². The van der Waals surface area contributed by atoms with Crippen LogP contribution in [0.4, 0.5) is 5.69 Å². The molecule has 1 aliphatic rings. The first-order chi connectivity index (χ1) is 11.8. The fraction of sp³-hybridized carbons (Fsp3) is 0.250. The molecule has 7 nitrogen and oxygen atoms in total. The Kier molecular flexibility index (Phi) is 6.54. The molecular weight excluding hydrogens is 364 g/mol. The molecule has 2 rings (SSSR count). The maximum Gasteiger partial charge on any atom is 0.305 e. The van der Waals surface area contributed by atoms with Crippen molar-refractivity contribution < 1.29 is 24.6 Å². The van der Waals surface area contributed by atoms with Gasteiger partial charge in [-0.25, -0.2) is 0 Å². The van der Waals surface area contributed by atoms with Gasteiger partial charge in [0, 0.05) is 18.8 Å². The molecule has 1 aromatic carbocycles. The lowest BCUT2D eigenvalue weighted by atomic mass is 10.1. The Labute approximate surface area is 153 Å². The highest BCUT2D eigenvalue weighted by atomic mass is 32.2. The van der Waals surface area contributed by atoms with Crippen molar-refractivity contribution in [3.63, 3.8) is 0 Å². The molecule has 1 amide bonds. The molecule has 0 unspecified atom stereocenters. The molecule has 0 saturated carbocycles. The van der Waals surface area contributed by atoms with E-state index in [9.17, 15) is 14.4 Å². The summed E-state index contributed by atoms with van der Waals surface area (Å²) in [5.74, 6) is -2.12. The highest BCUT2D eigenvalue weighted by molar-refractivity contribution is 8.26. The number of nitrogens with one attached hydrogen (secondary N) is 1. The number of benzene rings is 1. The van der Waals surface area contributed by atoms with Crippen molar-refractivity contribution in [1.82, 2.24) is 5.32 Å². The van der Waals surface area contributed by atoms with Crippen molar-refractivity contribution in [3.05, 3.63) is 34.7 Å². The molecule has 25 heavy (non-hydrogen) atoms. The SMILES string of the molecule is O=C(O)CCN(CCC(=O)O)c1ccc(C=C2SC(=S)NC2=O)cc1. The summed E-state index contributed by atoms with van der Waals surface area (Å²) < 4.78 is 0.418. The van der Waals surface area contributed by atoms with Crippen LogP contribution >= 0.6 is 24.0 Å². The summed E-state index contributed by atoms with van der Waals surface area (Å²) in [6, 6.07) is 7.11. The number of carbonyl (C=O) groups excluding carboxylic acids is 1. The summed E-state index contributed by atoms with van der Waals surface area (Å²) >= 11 is 6.12. The number of carbonyl (C=O) groups is 3. The number of amides is 1. The summed E-state index contributed by atoms with van der Waals surface area (Å²) in [6.07, 6.45) is 1.54. The van der Waals surface area contributed by atoms with Gasteiger partial charge in [-0.05, 0) is 23.8 Å². The lowest BCUT2D eigenvalue weighted by Gasteiger charge is -2.23. The van der Waals surface area contributed by atoms with Crippen LogP contribution in [0.1, 0.15) is 18.4 Å². The highest BCUT2D eigenvalue weighted by Crippen LogP contribution is 2.26. The van der Waals surface area contributed by atoms with Gasteiger partial charge in [-0.3, -0.25) is 14.4 Å². The predicted octanol–water partition coefficient (Wildman–Crippen LogP) is 1.93. The van der Waals surface area contributed by atoms with E-state index in [4.69, 9.17) is 22.4 Å². The van der Waals surface area contributed by atoms with E-state index in [2.05, 4.69) is 5.32 Å². The number of thiocarbonyl (C=S) groups is 1. The largest absolute Gasteiger partial charge is 0.481 e. The van der Waals surface area contributed by atoms with Crippen LogP contribution in [0, 0.1) is 0 Å². The lowest BCUT2D eigenvalue weighted by molar-refractivity contribution is -0.137. The van der Waals surface area contributed by atoms with E-state index in [0.717, 1.165) is 11.3 Å². The van der Waals surface area contributed by atoms with Crippen molar-refractivity contribution in [1.29, 1.82) is 0 Å². The van der Waals surface area contributed by atoms with E-state index >= 15 is 0 Å². The molecule has 0 aliphatic carbocycles. The van der Waals surface area contributed by atoms with Crippen LogP contribution in [-0.4, -0.2) is 45.5 Å². The molecule has 1 aliphatic heterocycles. The Hall–Kier alpha value is -2.39. The zero-order chi connectivity index (χ0) is 18.4. The van der Waals surface area contributed by atoms with Crippen molar-refractivity contribution in [3.8, 4) is 0 Å². The number of carboxylic acid groups (broad SMARTS) is 2. The van der Waals surface area contributed by atoms with Crippen LogP contribution < -0.4 is 10.2 Å². The summed E-state index contributed by atoms with van der Waals surface area (Å²) in [5, 5.41) is 20.2. The average molecular weight is 380 g/mol. The number of nitrogens with zero attached hydrogens (tertiary/aromatic N) is 1. The zero-order valence-electron chi connectivity index (χ0n) is 13.1. The number of rotatable bonds is 8. The van der Waals surface area contributed by atoms with E-state index in [1.54, 1.807) is 35.2 Å². The molecule has 132 valence electrons. The second-order valence-electron chi connectivity index (χ2n) is 5.22. The first-order valence-electron chi connectivity index (χ1n) is 7.38. The van der Waals surface area contributed by atoms with Crippen LogP contribution in [0.2, 0.25) is 0 Å². The van der Waals surface area contributed by atoms with Crippen LogP contribution in [0.3, 0.4) is 0 Å². The molecule has 1 heterocycles. The Morgan fingerprint density at radius 2 is 1.68 bits per heavy atom. The third-order valence-corrected chi connectivity index (χ3v) is 4.55. The first kappa shape index (κ1) is 18.9. The molecule has 0 aromatic heterocycles. The minimum atomic E-state index is -0.943. The fourth-order valence-electron chi connectivity index (χ4n) is 2.18. The van der Waals surface area contributed by atoms with Gasteiger partial charge in [-0.1, -0.05) is 36.1 Å². The van der Waals surface area contributed by atoms with E-state index < -0.39 is 11.9 Å². The highest BCUT2D eigenvalue weighted by Gasteiger charge is 2.21. The van der Waals surface area contributed by atoms with Crippen molar-refractivity contribution in [2.24, 2.45) is 0 Å². The molecule has 1 fully saturated rings. The fourth-order valence-corrected chi connectivity index (χ4v) is 3.23. The number of thioether (sulfide) groups is 1. The zero-order valence-corrected chi connectivity index (χ0v) is 14.7. The van der Waals surface area contributed by atoms with Crippen LogP contribution in [0.15, 0.2) is 29.2 Å². The van der Waals surface area contributed by atoms with Gasteiger partial charge in [0.25, 0.3) is 5.91 Å². The molecule has 3 N–H and O–H groups in total. The minimum absolute atomic E-state index is 0.0837. The first-order valence-corrected chi connectivity index (χ1v) is 8.61. The predicted molar refractivity (Wildman–Crippen MR) is 99.5 cm³/mol.